The summed E-state index contributed by atoms with van der Waals surface area (Å²) >= 11 is 0. The van der Waals surface area contributed by atoms with Crippen molar-refractivity contribution in [2.45, 2.75) is 47.0 Å². The second kappa shape index (κ2) is 7.36. The lowest BCUT2D eigenvalue weighted by molar-refractivity contribution is 0.0755. The SMILES string of the molecule is Cc1ccc(N)cc1C(=O)N1CCCC(C(C)(C)C)CC1.Cl. The molecule has 1 atom stereocenters. The standard InChI is InChI=1S/C18H28N2O.ClH/c1-13-7-8-15(19)12-16(13)17(21)20-10-5-6-14(9-11-20)18(2,3)4;/h7-8,12,14H,5-6,9-11,19H2,1-4H3;1H. The van der Waals surface area contributed by atoms with Gasteiger partial charge in [-0.05, 0) is 55.2 Å². The highest BCUT2D eigenvalue weighted by atomic mass is 35.5. The lowest BCUT2D eigenvalue weighted by Crippen LogP contribution is -2.33. The number of aryl methyl sites for hydroxylation is 1. The van der Waals surface area contributed by atoms with Crippen LogP contribution in [-0.2, 0) is 0 Å². The number of anilines is 1. The van der Waals surface area contributed by atoms with Crippen molar-refractivity contribution in [3.8, 4) is 0 Å². The smallest absolute Gasteiger partial charge is 0.254 e. The molecule has 1 aliphatic heterocycles. The zero-order chi connectivity index (χ0) is 15.6. The Labute approximate surface area is 140 Å². The number of hydrogen-bond acceptors (Lipinski definition) is 2. The minimum Gasteiger partial charge on any atom is -0.399 e. The molecule has 124 valence electrons. The van der Waals surface area contributed by atoms with Crippen molar-refractivity contribution in [2.75, 3.05) is 18.8 Å². The van der Waals surface area contributed by atoms with E-state index in [1.807, 2.05) is 30.0 Å². The summed E-state index contributed by atoms with van der Waals surface area (Å²) in [6, 6.07) is 5.59. The molecule has 0 spiro atoms. The summed E-state index contributed by atoms with van der Waals surface area (Å²) < 4.78 is 0. The molecule has 1 unspecified atom stereocenters. The van der Waals surface area contributed by atoms with Gasteiger partial charge in [0, 0.05) is 24.3 Å². The molecule has 1 amide bonds. The van der Waals surface area contributed by atoms with Crippen LogP contribution in [0, 0.1) is 18.3 Å². The van der Waals surface area contributed by atoms with Gasteiger partial charge in [-0.25, -0.2) is 0 Å². The van der Waals surface area contributed by atoms with Crippen LogP contribution in [0.4, 0.5) is 5.69 Å². The zero-order valence-corrected chi connectivity index (χ0v) is 15.0. The minimum atomic E-state index is 0. The molecule has 0 bridgehead atoms. The first-order valence-corrected chi connectivity index (χ1v) is 7.94. The number of rotatable bonds is 1. The van der Waals surface area contributed by atoms with E-state index in [2.05, 4.69) is 20.8 Å². The first-order chi connectivity index (χ1) is 9.79. The number of likely N-dealkylation sites (tertiary alicyclic amines) is 1. The Balaban J connectivity index is 0.00000242. The maximum absolute atomic E-state index is 12.8. The lowest BCUT2D eigenvalue weighted by atomic mass is 9.77. The van der Waals surface area contributed by atoms with Crippen LogP contribution in [0.15, 0.2) is 18.2 Å². The Morgan fingerprint density at radius 1 is 1.23 bits per heavy atom. The van der Waals surface area contributed by atoms with E-state index in [0.717, 1.165) is 37.1 Å². The maximum Gasteiger partial charge on any atom is 0.254 e. The first-order valence-electron chi connectivity index (χ1n) is 7.94. The van der Waals surface area contributed by atoms with Crippen molar-refractivity contribution >= 4 is 24.0 Å². The van der Waals surface area contributed by atoms with Gasteiger partial charge in [-0.3, -0.25) is 4.79 Å². The van der Waals surface area contributed by atoms with E-state index in [9.17, 15) is 4.79 Å². The van der Waals surface area contributed by atoms with Crippen LogP contribution in [0.5, 0.6) is 0 Å². The third-order valence-electron chi connectivity index (χ3n) is 4.73. The van der Waals surface area contributed by atoms with E-state index in [1.165, 1.54) is 6.42 Å². The van der Waals surface area contributed by atoms with Crippen LogP contribution < -0.4 is 5.73 Å². The molecule has 1 aromatic carbocycles. The predicted octanol–water partition coefficient (Wildman–Crippen LogP) is 4.29. The quantitative estimate of drug-likeness (QED) is 0.783. The van der Waals surface area contributed by atoms with Crippen LogP contribution in [0.1, 0.15) is 56.0 Å². The Bertz CT molecular complexity index is 522. The van der Waals surface area contributed by atoms with Crippen LogP contribution in [-0.4, -0.2) is 23.9 Å². The Hall–Kier alpha value is -1.22. The van der Waals surface area contributed by atoms with E-state index >= 15 is 0 Å². The summed E-state index contributed by atoms with van der Waals surface area (Å²) in [5.74, 6) is 0.826. The highest BCUT2D eigenvalue weighted by Crippen LogP contribution is 2.34. The summed E-state index contributed by atoms with van der Waals surface area (Å²) in [4.78, 5) is 14.8. The zero-order valence-electron chi connectivity index (χ0n) is 14.2. The number of benzene rings is 1. The van der Waals surface area contributed by atoms with Gasteiger partial charge in [0.1, 0.15) is 0 Å². The molecule has 0 radical (unpaired) electrons. The number of nitrogens with two attached hydrogens (primary N) is 1. The van der Waals surface area contributed by atoms with Crippen molar-refractivity contribution < 1.29 is 4.79 Å². The van der Waals surface area contributed by atoms with E-state index < -0.39 is 0 Å². The van der Waals surface area contributed by atoms with Gasteiger partial charge in [0.15, 0.2) is 0 Å². The van der Waals surface area contributed by atoms with Gasteiger partial charge in [-0.1, -0.05) is 26.8 Å². The largest absolute Gasteiger partial charge is 0.399 e. The lowest BCUT2D eigenvalue weighted by Gasteiger charge is -2.29. The van der Waals surface area contributed by atoms with Gasteiger partial charge in [-0.15, -0.1) is 12.4 Å². The third-order valence-corrected chi connectivity index (χ3v) is 4.73. The fraction of sp³-hybridized carbons (Fsp3) is 0.611. The summed E-state index contributed by atoms with van der Waals surface area (Å²) in [5.41, 5.74) is 8.58. The van der Waals surface area contributed by atoms with Gasteiger partial charge >= 0.3 is 0 Å². The van der Waals surface area contributed by atoms with Crippen LogP contribution in [0.3, 0.4) is 0 Å². The molecule has 1 heterocycles. The van der Waals surface area contributed by atoms with E-state index in [1.54, 1.807) is 0 Å². The molecule has 3 nitrogen and oxygen atoms in total. The predicted molar refractivity (Wildman–Crippen MR) is 95.5 cm³/mol. The molecule has 1 aromatic rings. The van der Waals surface area contributed by atoms with Crippen molar-refractivity contribution in [3.63, 3.8) is 0 Å². The topological polar surface area (TPSA) is 46.3 Å². The van der Waals surface area contributed by atoms with Gasteiger partial charge in [0.05, 0.1) is 0 Å². The number of halogens is 1. The molecular formula is C18H29ClN2O. The number of nitrogen functional groups attached to an aromatic ring is 1. The number of carbonyl (C=O) groups excluding carboxylic acids is 1. The second-order valence-electron chi connectivity index (χ2n) is 7.36. The fourth-order valence-corrected chi connectivity index (χ4v) is 3.21. The van der Waals surface area contributed by atoms with Crippen LogP contribution in [0.25, 0.3) is 0 Å². The fourth-order valence-electron chi connectivity index (χ4n) is 3.21. The summed E-state index contributed by atoms with van der Waals surface area (Å²) in [6.45, 7) is 10.6. The number of nitrogens with zero attached hydrogens (tertiary/aromatic N) is 1. The Kier molecular flexibility index (Phi) is 6.30. The number of amides is 1. The molecule has 22 heavy (non-hydrogen) atoms. The average Bonchev–Trinajstić information content (AvgIpc) is 2.66. The number of carbonyl (C=O) groups is 1. The summed E-state index contributed by atoms with van der Waals surface area (Å²) in [7, 11) is 0. The molecular weight excluding hydrogens is 296 g/mol. The first kappa shape index (κ1) is 18.8. The second-order valence-corrected chi connectivity index (χ2v) is 7.36. The highest BCUT2D eigenvalue weighted by Gasteiger charge is 2.29. The molecule has 0 aromatic heterocycles. The van der Waals surface area contributed by atoms with Crippen LogP contribution in [0.2, 0.25) is 0 Å². The third kappa shape index (κ3) is 4.39. The molecule has 1 aliphatic rings. The van der Waals surface area contributed by atoms with Crippen molar-refractivity contribution in [2.24, 2.45) is 11.3 Å². The normalized spacial score (nSPS) is 19.3. The number of hydrogen-bond donors (Lipinski definition) is 1. The molecule has 0 aliphatic carbocycles. The molecule has 0 saturated carbocycles. The Morgan fingerprint density at radius 2 is 1.91 bits per heavy atom. The average molecular weight is 325 g/mol. The molecule has 2 rings (SSSR count). The minimum absolute atomic E-state index is 0. The summed E-state index contributed by atoms with van der Waals surface area (Å²) in [6.07, 6.45) is 3.40. The monoisotopic (exact) mass is 324 g/mol. The molecule has 2 N–H and O–H groups in total. The van der Waals surface area contributed by atoms with E-state index in [-0.39, 0.29) is 18.3 Å². The van der Waals surface area contributed by atoms with Gasteiger partial charge in [-0.2, -0.15) is 0 Å². The van der Waals surface area contributed by atoms with E-state index in [4.69, 9.17) is 5.73 Å². The van der Waals surface area contributed by atoms with E-state index in [0.29, 0.717) is 17.0 Å². The molecule has 1 saturated heterocycles. The highest BCUT2D eigenvalue weighted by molar-refractivity contribution is 5.96. The van der Waals surface area contributed by atoms with Crippen molar-refractivity contribution in [1.82, 2.24) is 4.90 Å². The molecule has 4 heteroatoms. The van der Waals surface area contributed by atoms with Gasteiger partial charge in [0.2, 0.25) is 0 Å². The van der Waals surface area contributed by atoms with Crippen molar-refractivity contribution in [3.05, 3.63) is 29.3 Å². The van der Waals surface area contributed by atoms with Crippen LogP contribution >= 0.6 is 12.4 Å². The maximum atomic E-state index is 12.8. The molecule has 1 fully saturated rings. The van der Waals surface area contributed by atoms with Gasteiger partial charge < -0.3 is 10.6 Å². The van der Waals surface area contributed by atoms with Gasteiger partial charge in [0.25, 0.3) is 5.91 Å². The Morgan fingerprint density at radius 3 is 2.55 bits per heavy atom. The summed E-state index contributed by atoms with van der Waals surface area (Å²) in [5, 5.41) is 0. The van der Waals surface area contributed by atoms with Crippen molar-refractivity contribution in [1.29, 1.82) is 0 Å².